The maximum Gasteiger partial charge on any atom is 0.325 e. The molecule has 1 fully saturated rings. The molecule has 2 atom stereocenters. The van der Waals surface area contributed by atoms with Crippen molar-refractivity contribution in [1.82, 2.24) is 40.8 Å². The number of hydrogen-bond donors (Lipinski definition) is 5. The van der Waals surface area contributed by atoms with Crippen molar-refractivity contribution >= 4 is 35.6 Å². The van der Waals surface area contributed by atoms with Crippen LogP contribution in [-0.2, 0) is 37.1 Å². The zero-order chi connectivity index (χ0) is 57.6. The summed E-state index contributed by atoms with van der Waals surface area (Å²) in [4.78, 5) is 73.9. The quantitative estimate of drug-likeness (QED) is 0.0310. The van der Waals surface area contributed by atoms with Crippen LogP contribution in [0.25, 0.3) is 22.5 Å². The van der Waals surface area contributed by atoms with E-state index in [1.807, 2.05) is 99.1 Å². The number of hydrogen-bond acceptors (Lipinski definition) is 13. The Bertz CT molecular complexity index is 2780. The summed E-state index contributed by atoms with van der Waals surface area (Å²) >= 11 is 0. The third-order valence-corrected chi connectivity index (χ3v) is 13.0. The van der Waals surface area contributed by atoms with E-state index in [2.05, 4.69) is 45.0 Å². The molecule has 5 N–H and O–H groups in total. The van der Waals surface area contributed by atoms with E-state index >= 15 is 0 Å². The number of nitrogens with one attached hydrogen (secondary N) is 4. The van der Waals surface area contributed by atoms with Gasteiger partial charge in [-0.2, -0.15) is 10.2 Å². The third-order valence-electron chi connectivity index (χ3n) is 13.0. The van der Waals surface area contributed by atoms with E-state index in [0.717, 1.165) is 42.5 Å². The summed E-state index contributed by atoms with van der Waals surface area (Å²) < 4.78 is 31.5. The Kier molecular flexibility index (Phi) is 24.2. The molecular weight excluding hydrogens is 1010 g/mol. The molecule has 20 heteroatoms. The minimum absolute atomic E-state index is 0.0286. The van der Waals surface area contributed by atoms with Crippen molar-refractivity contribution in [2.24, 2.45) is 17.8 Å². The summed E-state index contributed by atoms with van der Waals surface area (Å²) in [6.45, 7) is 12.4. The average Bonchev–Trinajstić information content (AvgIpc) is 4.19. The van der Waals surface area contributed by atoms with Gasteiger partial charge < -0.3 is 50.1 Å². The molecule has 79 heavy (non-hydrogen) atoms. The number of benzene rings is 3. The molecule has 428 valence electrons. The Labute approximate surface area is 463 Å². The number of carbonyl (C=O) groups excluding carboxylic acids is 5. The highest BCUT2D eigenvalue weighted by atomic mass is 16.5. The minimum Gasteiger partial charge on any atom is -0.496 e. The van der Waals surface area contributed by atoms with Crippen LogP contribution in [0.5, 0.6) is 23.0 Å². The van der Waals surface area contributed by atoms with Gasteiger partial charge in [0.25, 0.3) is 11.8 Å². The Morgan fingerprint density at radius 2 is 1.10 bits per heavy atom. The monoisotopic (exact) mass is 1090 g/mol. The van der Waals surface area contributed by atoms with Gasteiger partial charge in [-0.3, -0.25) is 38.1 Å². The lowest BCUT2D eigenvalue weighted by Crippen LogP contribution is -2.41. The summed E-state index contributed by atoms with van der Waals surface area (Å²) in [7, 11) is 6.03. The molecule has 1 saturated carbocycles. The normalized spacial score (nSPS) is 13.1. The number of amides is 4. The van der Waals surface area contributed by atoms with Gasteiger partial charge in [0, 0.05) is 31.5 Å². The van der Waals surface area contributed by atoms with Gasteiger partial charge in [-0.25, -0.2) is 0 Å². The van der Waals surface area contributed by atoms with Crippen molar-refractivity contribution in [3.05, 3.63) is 95.8 Å². The fraction of sp³-hybridized carbons (Fsp3) is 0.492. The molecule has 0 saturated heterocycles. The van der Waals surface area contributed by atoms with Crippen LogP contribution >= 0.6 is 0 Å². The molecule has 0 aliphatic heterocycles. The van der Waals surface area contributed by atoms with Crippen LogP contribution in [0.3, 0.4) is 0 Å². The smallest absolute Gasteiger partial charge is 0.325 e. The van der Waals surface area contributed by atoms with E-state index in [1.165, 1.54) is 13.5 Å². The van der Waals surface area contributed by atoms with Gasteiger partial charge in [0.15, 0.2) is 11.4 Å². The van der Waals surface area contributed by atoms with E-state index in [9.17, 15) is 28.8 Å². The second-order valence-corrected chi connectivity index (χ2v) is 20.8. The first kappa shape index (κ1) is 61.9. The first-order valence-corrected chi connectivity index (χ1v) is 27.0. The van der Waals surface area contributed by atoms with Crippen molar-refractivity contribution < 1.29 is 57.6 Å². The predicted octanol–water partition coefficient (Wildman–Crippen LogP) is 8.43. The van der Waals surface area contributed by atoms with E-state index in [4.69, 9.17) is 29.2 Å². The summed E-state index contributed by atoms with van der Waals surface area (Å²) in [5.41, 5.74) is 4.35. The van der Waals surface area contributed by atoms with Gasteiger partial charge in [-0.1, -0.05) is 103 Å². The van der Waals surface area contributed by atoms with Gasteiger partial charge in [0.1, 0.15) is 42.7 Å². The molecular formula is C59H80N8O12. The molecule has 4 amide bonds. The molecule has 0 spiro atoms. The molecule has 1 aliphatic rings. The fourth-order valence-electron chi connectivity index (χ4n) is 9.46. The van der Waals surface area contributed by atoms with Crippen LogP contribution in [0.15, 0.2) is 78.9 Å². The van der Waals surface area contributed by atoms with E-state index in [1.54, 1.807) is 38.1 Å². The second kappa shape index (κ2) is 30.9. The van der Waals surface area contributed by atoms with E-state index in [0.29, 0.717) is 60.2 Å². The summed E-state index contributed by atoms with van der Waals surface area (Å²) in [5.74, 6) is -0.0847. The maximum atomic E-state index is 13.6. The van der Waals surface area contributed by atoms with E-state index in [-0.39, 0.29) is 66.4 Å². The first-order valence-electron chi connectivity index (χ1n) is 27.0. The summed E-state index contributed by atoms with van der Waals surface area (Å²) in [6, 6.07) is 23.7. The number of carbonyl (C=O) groups is 6. The Hall–Kier alpha value is -7.90. The largest absolute Gasteiger partial charge is 0.496 e. The van der Waals surface area contributed by atoms with Crippen molar-refractivity contribution in [2.45, 2.75) is 131 Å². The van der Waals surface area contributed by atoms with Gasteiger partial charge in [-0.05, 0) is 85.4 Å². The highest BCUT2D eigenvalue weighted by Gasteiger charge is 2.29. The topological polar surface area (TPSA) is 253 Å². The molecule has 2 aromatic heterocycles. The van der Waals surface area contributed by atoms with Gasteiger partial charge in [-0.15, -0.1) is 0 Å². The number of aliphatic carboxylic acids is 1. The Balaban J connectivity index is 0.000000296. The minimum atomic E-state index is -1.12. The molecule has 20 nitrogen and oxygen atoms in total. The van der Waals surface area contributed by atoms with Crippen molar-refractivity contribution in [2.75, 3.05) is 41.5 Å². The summed E-state index contributed by atoms with van der Waals surface area (Å²) in [6.07, 6.45) is 6.35. The molecule has 6 rings (SSSR count). The average molecular weight is 1090 g/mol. The number of methoxy groups -OCH3 is 4. The number of carboxylic acid groups (broad SMARTS) is 1. The second-order valence-electron chi connectivity index (χ2n) is 20.8. The van der Waals surface area contributed by atoms with Crippen molar-refractivity contribution in [1.29, 1.82) is 0 Å². The highest BCUT2D eigenvalue weighted by Crippen LogP contribution is 2.42. The Morgan fingerprint density at radius 3 is 1.59 bits per heavy atom. The van der Waals surface area contributed by atoms with Crippen molar-refractivity contribution in [3.8, 4) is 45.5 Å². The number of carboxylic acids is 1. The number of esters is 1. The predicted molar refractivity (Wildman–Crippen MR) is 299 cm³/mol. The van der Waals surface area contributed by atoms with Crippen LogP contribution in [0, 0.1) is 17.8 Å². The zero-order valence-corrected chi connectivity index (χ0v) is 47.4. The number of nitrogens with zero attached hydrogens (tertiary/aromatic N) is 4. The summed E-state index contributed by atoms with van der Waals surface area (Å²) in [5, 5.41) is 29.2. The molecule has 0 unspecified atom stereocenters. The van der Waals surface area contributed by atoms with Crippen LogP contribution < -0.4 is 40.2 Å². The zero-order valence-electron chi connectivity index (χ0n) is 47.4. The standard InChI is InChI=1S/C33H42N4O6.C26H38N4O6/c1-22(2)17-24(18-30(38)34-20-31(39)40)35-33(41)26-19-27(37(36-26)25-13-8-5-9-14-25)32-28(42-3)15-10-16-29(32)43-21-23-11-6-4-7-12-23;1-16(2)11-18(12-23(31)27-14-24(32)36-7)28-26(33)19-13-20(30(29-19)15-17(3)4)25-21(34-5)9-8-10-22(25)35-6/h4,6-7,10-12,15-16,19,22,24-25H,5,8-9,13-14,17-18,20-21H2,1-3H3,(H,34,38)(H,35,41)(H,39,40);8-10,13,16-18H,11-12,14-15H2,1-7H3,(H,27,31)(H,28,33)/t24-;18-/m00/s1. The van der Waals surface area contributed by atoms with Gasteiger partial charge in [0.2, 0.25) is 11.8 Å². The lowest BCUT2D eigenvalue weighted by atomic mass is 9.95. The molecule has 3 aromatic carbocycles. The fourth-order valence-corrected chi connectivity index (χ4v) is 9.46. The molecule has 1 aliphatic carbocycles. The SMILES string of the molecule is COC(=O)CNC(=O)C[C@H](CC(C)C)NC(=O)c1cc(-c2c(OC)cccc2OC)n(CC(C)C)n1.COc1cccc(OCc2ccccc2)c1-c1cc(C(=O)N[C@H](CC(=O)NCC(=O)O)CC(C)C)nn1C1CCCCC1. The first-order chi connectivity index (χ1) is 37.8. The van der Waals surface area contributed by atoms with Gasteiger partial charge >= 0.3 is 11.9 Å². The van der Waals surface area contributed by atoms with Gasteiger partial charge in [0.05, 0.1) is 57.0 Å². The number of ether oxygens (including phenoxy) is 5. The Morgan fingerprint density at radius 1 is 0.608 bits per heavy atom. The van der Waals surface area contributed by atoms with Crippen LogP contribution in [0.1, 0.15) is 132 Å². The third kappa shape index (κ3) is 18.9. The van der Waals surface area contributed by atoms with Crippen molar-refractivity contribution in [3.63, 3.8) is 0 Å². The molecule has 2 heterocycles. The molecule has 5 aromatic rings. The number of aromatic nitrogens is 4. The highest BCUT2D eigenvalue weighted by molar-refractivity contribution is 5.95. The van der Waals surface area contributed by atoms with Crippen LogP contribution in [0.4, 0.5) is 0 Å². The lowest BCUT2D eigenvalue weighted by molar-refractivity contribution is -0.141. The lowest BCUT2D eigenvalue weighted by Gasteiger charge is -2.25. The van der Waals surface area contributed by atoms with E-state index < -0.39 is 42.4 Å². The van der Waals surface area contributed by atoms with Crippen LogP contribution in [-0.4, -0.2) is 114 Å². The molecule has 0 bridgehead atoms. The van der Waals surface area contributed by atoms with Crippen LogP contribution in [0.2, 0.25) is 0 Å². The maximum absolute atomic E-state index is 13.6. The number of rotatable bonds is 27. The molecule has 0 radical (unpaired) electrons.